The molecule has 1 amide bonds. The van der Waals surface area contributed by atoms with Gasteiger partial charge in [-0.15, -0.1) is 5.10 Å². The van der Waals surface area contributed by atoms with Crippen LogP contribution in [0.25, 0.3) is 5.69 Å². The molecular formula is C17H14ClN5O3. The first-order chi connectivity index (χ1) is 12.4. The van der Waals surface area contributed by atoms with Crippen molar-refractivity contribution in [2.75, 3.05) is 5.32 Å². The zero-order valence-corrected chi connectivity index (χ0v) is 14.7. The monoisotopic (exact) mass is 371 g/mol. The number of nitro benzene ring substituents is 1. The summed E-state index contributed by atoms with van der Waals surface area (Å²) in [6, 6.07) is 11.4. The molecule has 26 heavy (non-hydrogen) atoms. The normalized spacial score (nSPS) is 10.6. The van der Waals surface area contributed by atoms with Crippen LogP contribution in [0.4, 0.5) is 11.4 Å². The minimum absolute atomic E-state index is 0.0675. The third-order valence-electron chi connectivity index (χ3n) is 3.79. The molecule has 1 heterocycles. The number of hydrogen-bond acceptors (Lipinski definition) is 5. The van der Waals surface area contributed by atoms with E-state index in [2.05, 4.69) is 15.5 Å². The number of aromatic nitrogens is 3. The SMILES string of the molecule is Cc1nn(-c2cccc(Cl)c2)nc1C(=O)Nc1cccc([N+](=O)[O-])c1C. The Morgan fingerprint density at radius 3 is 2.62 bits per heavy atom. The van der Waals surface area contributed by atoms with Gasteiger partial charge in [-0.2, -0.15) is 9.90 Å². The fourth-order valence-electron chi connectivity index (χ4n) is 2.44. The van der Waals surface area contributed by atoms with Gasteiger partial charge in [0.2, 0.25) is 0 Å². The number of anilines is 1. The van der Waals surface area contributed by atoms with E-state index >= 15 is 0 Å². The number of nitrogens with one attached hydrogen (secondary N) is 1. The number of carbonyl (C=O) groups is 1. The highest BCUT2D eigenvalue weighted by molar-refractivity contribution is 6.30. The van der Waals surface area contributed by atoms with Crippen LogP contribution in [0.1, 0.15) is 21.7 Å². The molecule has 2 aromatic carbocycles. The lowest BCUT2D eigenvalue weighted by Gasteiger charge is -2.07. The van der Waals surface area contributed by atoms with Gasteiger partial charge in [0.1, 0.15) is 0 Å². The Morgan fingerprint density at radius 2 is 1.92 bits per heavy atom. The van der Waals surface area contributed by atoms with Crippen LogP contribution in [0, 0.1) is 24.0 Å². The highest BCUT2D eigenvalue weighted by Gasteiger charge is 2.20. The predicted octanol–water partition coefficient (Wildman–Crippen LogP) is 3.70. The number of rotatable bonds is 4. The third-order valence-corrected chi connectivity index (χ3v) is 4.02. The van der Waals surface area contributed by atoms with E-state index in [0.29, 0.717) is 27.7 Å². The second-order valence-electron chi connectivity index (χ2n) is 5.56. The highest BCUT2D eigenvalue weighted by atomic mass is 35.5. The Bertz CT molecular complexity index is 1020. The Hall–Kier alpha value is -3.26. The molecule has 0 spiro atoms. The molecule has 0 aliphatic heterocycles. The summed E-state index contributed by atoms with van der Waals surface area (Å²) in [5, 5.41) is 22.6. The van der Waals surface area contributed by atoms with E-state index in [1.54, 1.807) is 44.2 Å². The van der Waals surface area contributed by atoms with Crippen LogP contribution >= 0.6 is 11.6 Å². The molecule has 8 nitrogen and oxygen atoms in total. The van der Waals surface area contributed by atoms with Crippen LogP contribution in [0.3, 0.4) is 0 Å². The Kier molecular flexibility index (Phi) is 4.68. The minimum Gasteiger partial charge on any atom is -0.320 e. The van der Waals surface area contributed by atoms with Crippen molar-refractivity contribution in [3.63, 3.8) is 0 Å². The maximum Gasteiger partial charge on any atom is 0.278 e. The summed E-state index contributed by atoms with van der Waals surface area (Å²) in [6.45, 7) is 3.23. The second-order valence-corrected chi connectivity index (χ2v) is 6.00. The van der Waals surface area contributed by atoms with Gasteiger partial charge >= 0.3 is 0 Å². The fourth-order valence-corrected chi connectivity index (χ4v) is 2.63. The van der Waals surface area contributed by atoms with Crippen LogP contribution in [0.2, 0.25) is 5.02 Å². The Morgan fingerprint density at radius 1 is 1.19 bits per heavy atom. The first-order valence-corrected chi connectivity index (χ1v) is 8.00. The largest absolute Gasteiger partial charge is 0.320 e. The van der Waals surface area contributed by atoms with Gasteiger partial charge in [-0.1, -0.05) is 23.7 Å². The van der Waals surface area contributed by atoms with Crippen molar-refractivity contribution in [1.29, 1.82) is 0 Å². The zero-order valence-electron chi connectivity index (χ0n) is 13.9. The summed E-state index contributed by atoms with van der Waals surface area (Å²) in [7, 11) is 0. The summed E-state index contributed by atoms with van der Waals surface area (Å²) in [4.78, 5) is 24.4. The summed E-state index contributed by atoms with van der Waals surface area (Å²) in [5.74, 6) is -0.501. The van der Waals surface area contributed by atoms with Crippen LogP contribution in [0.5, 0.6) is 0 Å². The second kappa shape index (κ2) is 6.93. The van der Waals surface area contributed by atoms with E-state index in [9.17, 15) is 14.9 Å². The Balaban J connectivity index is 1.90. The van der Waals surface area contributed by atoms with Gasteiger partial charge in [-0.3, -0.25) is 14.9 Å². The van der Waals surface area contributed by atoms with Crippen molar-refractivity contribution in [2.24, 2.45) is 0 Å². The van der Waals surface area contributed by atoms with Crippen LogP contribution in [0.15, 0.2) is 42.5 Å². The number of aryl methyl sites for hydroxylation is 1. The molecule has 0 atom stereocenters. The number of halogens is 1. The molecule has 0 saturated carbocycles. The number of hydrogen-bond donors (Lipinski definition) is 1. The lowest BCUT2D eigenvalue weighted by atomic mass is 10.1. The van der Waals surface area contributed by atoms with Gasteiger partial charge in [0.15, 0.2) is 5.69 Å². The van der Waals surface area contributed by atoms with Crippen molar-refractivity contribution < 1.29 is 9.72 Å². The van der Waals surface area contributed by atoms with E-state index in [4.69, 9.17) is 11.6 Å². The van der Waals surface area contributed by atoms with Crippen molar-refractivity contribution in [1.82, 2.24) is 15.0 Å². The summed E-state index contributed by atoms with van der Waals surface area (Å²) < 4.78 is 0. The lowest BCUT2D eigenvalue weighted by Crippen LogP contribution is -2.15. The van der Waals surface area contributed by atoms with Crippen LogP contribution < -0.4 is 5.32 Å². The highest BCUT2D eigenvalue weighted by Crippen LogP contribution is 2.25. The van der Waals surface area contributed by atoms with Gasteiger partial charge in [-0.25, -0.2) is 0 Å². The van der Waals surface area contributed by atoms with Gasteiger partial charge in [0.25, 0.3) is 11.6 Å². The molecular weight excluding hydrogens is 358 g/mol. The number of nitro groups is 1. The molecule has 1 N–H and O–H groups in total. The molecule has 0 aliphatic rings. The number of amides is 1. The molecule has 0 saturated heterocycles. The number of nitrogens with zero attached hydrogens (tertiary/aromatic N) is 4. The quantitative estimate of drug-likeness (QED) is 0.556. The third kappa shape index (κ3) is 3.40. The Labute approximate surface area is 153 Å². The van der Waals surface area contributed by atoms with Crippen LogP contribution in [-0.2, 0) is 0 Å². The first-order valence-electron chi connectivity index (χ1n) is 7.62. The molecule has 0 aliphatic carbocycles. The molecule has 132 valence electrons. The van der Waals surface area contributed by atoms with E-state index in [1.165, 1.54) is 16.9 Å². The van der Waals surface area contributed by atoms with Gasteiger partial charge in [-0.05, 0) is 38.1 Å². The number of benzene rings is 2. The fraction of sp³-hybridized carbons (Fsp3) is 0.118. The average Bonchev–Trinajstić information content (AvgIpc) is 2.98. The summed E-state index contributed by atoms with van der Waals surface area (Å²) in [5.41, 5.74) is 1.81. The van der Waals surface area contributed by atoms with Crippen LogP contribution in [-0.4, -0.2) is 25.8 Å². The van der Waals surface area contributed by atoms with E-state index < -0.39 is 10.8 Å². The smallest absolute Gasteiger partial charge is 0.278 e. The summed E-state index contributed by atoms with van der Waals surface area (Å²) >= 11 is 5.97. The van der Waals surface area contributed by atoms with Crippen molar-refractivity contribution in [3.05, 3.63) is 74.6 Å². The lowest BCUT2D eigenvalue weighted by molar-refractivity contribution is -0.385. The number of carbonyl (C=O) groups excluding carboxylic acids is 1. The molecule has 3 aromatic rings. The average molecular weight is 372 g/mol. The molecule has 3 rings (SSSR count). The minimum atomic E-state index is -0.501. The molecule has 1 aromatic heterocycles. The van der Waals surface area contributed by atoms with Crippen molar-refractivity contribution in [3.8, 4) is 5.69 Å². The van der Waals surface area contributed by atoms with Crippen molar-refractivity contribution in [2.45, 2.75) is 13.8 Å². The maximum atomic E-state index is 12.6. The predicted molar refractivity (Wildman–Crippen MR) is 96.9 cm³/mol. The first kappa shape index (κ1) is 17.6. The standard InChI is InChI=1S/C17H14ClN5O3/c1-10-14(7-4-8-15(10)23(25)26)19-17(24)16-11(2)20-22(21-16)13-6-3-5-12(18)9-13/h3-9H,1-2H3,(H,19,24). The van der Waals surface area contributed by atoms with Gasteiger partial charge in [0.05, 0.1) is 27.6 Å². The summed E-state index contributed by atoms with van der Waals surface area (Å²) in [6.07, 6.45) is 0. The molecule has 0 bridgehead atoms. The van der Waals surface area contributed by atoms with Crippen molar-refractivity contribution >= 4 is 28.9 Å². The molecule has 9 heteroatoms. The van der Waals surface area contributed by atoms with Gasteiger partial charge in [0, 0.05) is 11.1 Å². The van der Waals surface area contributed by atoms with Gasteiger partial charge < -0.3 is 5.32 Å². The molecule has 0 fully saturated rings. The molecule has 0 unspecified atom stereocenters. The van der Waals surface area contributed by atoms with E-state index in [1.807, 2.05) is 0 Å². The topological polar surface area (TPSA) is 103 Å². The van der Waals surface area contributed by atoms with E-state index in [0.717, 1.165) is 0 Å². The maximum absolute atomic E-state index is 12.6. The zero-order chi connectivity index (χ0) is 18.8. The van der Waals surface area contributed by atoms with E-state index in [-0.39, 0.29) is 11.4 Å². The molecule has 0 radical (unpaired) electrons.